The van der Waals surface area contributed by atoms with Crippen LogP contribution in [0.4, 0.5) is 0 Å². The Morgan fingerprint density at radius 2 is 2.00 bits per heavy atom. The number of hydrogen-bond donors (Lipinski definition) is 1. The highest BCUT2D eigenvalue weighted by Gasteiger charge is 2.17. The van der Waals surface area contributed by atoms with Gasteiger partial charge in [0.05, 0.1) is 12.4 Å². The lowest BCUT2D eigenvalue weighted by molar-refractivity contribution is 0.216. The van der Waals surface area contributed by atoms with Crippen LogP contribution in [0.15, 0.2) is 30.3 Å². The van der Waals surface area contributed by atoms with E-state index in [1.807, 2.05) is 30.3 Å². The summed E-state index contributed by atoms with van der Waals surface area (Å²) in [6.45, 7) is 0.176. The van der Waals surface area contributed by atoms with Crippen molar-refractivity contribution >= 4 is 21.6 Å². The lowest BCUT2D eigenvalue weighted by Crippen LogP contribution is -2.39. The molecule has 1 rings (SSSR count). The molecular formula is C12H18ClNO3S. The number of methoxy groups -OCH3 is 1. The zero-order valence-electron chi connectivity index (χ0n) is 10.3. The van der Waals surface area contributed by atoms with Crippen LogP contribution in [0.5, 0.6) is 0 Å². The van der Waals surface area contributed by atoms with E-state index in [1.54, 1.807) is 0 Å². The standard InChI is InChI=1S/C12H18ClNO3S/c1-17-7-8-18(15,16)14-12(10-13)9-11-5-3-2-4-6-11/h2-6,12,14H,7-10H2,1H3. The maximum absolute atomic E-state index is 11.7. The van der Waals surface area contributed by atoms with Gasteiger partial charge in [0, 0.05) is 19.0 Å². The molecule has 18 heavy (non-hydrogen) atoms. The molecule has 0 bridgehead atoms. The highest BCUT2D eigenvalue weighted by atomic mass is 35.5. The maximum atomic E-state index is 11.7. The molecule has 0 saturated heterocycles. The van der Waals surface area contributed by atoms with Crippen LogP contribution >= 0.6 is 11.6 Å². The van der Waals surface area contributed by atoms with Crippen molar-refractivity contribution < 1.29 is 13.2 Å². The van der Waals surface area contributed by atoms with Crippen molar-refractivity contribution in [2.45, 2.75) is 12.5 Å². The molecule has 102 valence electrons. The van der Waals surface area contributed by atoms with Crippen LogP contribution in [0.1, 0.15) is 5.56 Å². The van der Waals surface area contributed by atoms with E-state index >= 15 is 0 Å². The van der Waals surface area contributed by atoms with Gasteiger partial charge < -0.3 is 4.74 Å². The van der Waals surface area contributed by atoms with Crippen molar-refractivity contribution in [3.8, 4) is 0 Å². The molecule has 0 aromatic heterocycles. The molecule has 4 nitrogen and oxygen atoms in total. The minimum Gasteiger partial charge on any atom is -0.384 e. The normalized spacial score (nSPS) is 13.4. The van der Waals surface area contributed by atoms with Crippen LogP contribution in [-0.2, 0) is 21.2 Å². The molecule has 0 aliphatic carbocycles. The Labute approximate surface area is 113 Å². The van der Waals surface area contributed by atoms with E-state index in [4.69, 9.17) is 16.3 Å². The number of halogens is 1. The molecule has 0 spiro atoms. The predicted octanol–water partition coefficient (Wildman–Crippen LogP) is 1.40. The van der Waals surface area contributed by atoms with E-state index in [-0.39, 0.29) is 24.3 Å². The highest BCUT2D eigenvalue weighted by Crippen LogP contribution is 2.05. The summed E-state index contributed by atoms with van der Waals surface area (Å²) >= 11 is 5.80. The molecule has 0 heterocycles. The Balaban J connectivity index is 2.57. The molecule has 0 amide bonds. The van der Waals surface area contributed by atoms with Crippen LogP contribution in [0.25, 0.3) is 0 Å². The average molecular weight is 292 g/mol. The fourth-order valence-electron chi connectivity index (χ4n) is 1.53. The summed E-state index contributed by atoms with van der Waals surface area (Å²) < 4.78 is 30.7. The summed E-state index contributed by atoms with van der Waals surface area (Å²) in [5.74, 6) is 0.187. The van der Waals surface area contributed by atoms with E-state index in [1.165, 1.54) is 7.11 Å². The van der Waals surface area contributed by atoms with Gasteiger partial charge in [-0.25, -0.2) is 13.1 Å². The lowest BCUT2D eigenvalue weighted by Gasteiger charge is -2.16. The lowest BCUT2D eigenvalue weighted by atomic mass is 10.1. The van der Waals surface area contributed by atoms with Gasteiger partial charge in [-0.05, 0) is 12.0 Å². The van der Waals surface area contributed by atoms with Crippen molar-refractivity contribution in [3.63, 3.8) is 0 Å². The van der Waals surface area contributed by atoms with E-state index in [9.17, 15) is 8.42 Å². The van der Waals surface area contributed by atoms with E-state index in [0.717, 1.165) is 5.56 Å². The first-order valence-electron chi connectivity index (χ1n) is 5.66. The van der Waals surface area contributed by atoms with Gasteiger partial charge in [-0.3, -0.25) is 0 Å². The molecule has 0 radical (unpaired) electrons. The van der Waals surface area contributed by atoms with Gasteiger partial charge in [-0.15, -0.1) is 11.6 Å². The third kappa shape index (κ3) is 5.82. The first-order valence-corrected chi connectivity index (χ1v) is 7.85. The summed E-state index contributed by atoms with van der Waals surface area (Å²) in [4.78, 5) is 0. The van der Waals surface area contributed by atoms with Gasteiger partial charge in [0.2, 0.25) is 10.0 Å². The van der Waals surface area contributed by atoms with Crippen molar-refractivity contribution in [1.82, 2.24) is 4.72 Å². The van der Waals surface area contributed by atoms with Crippen LogP contribution in [-0.4, -0.2) is 39.8 Å². The maximum Gasteiger partial charge on any atom is 0.214 e. The fraction of sp³-hybridized carbons (Fsp3) is 0.500. The number of benzene rings is 1. The summed E-state index contributed by atoms with van der Waals surface area (Å²) in [6, 6.07) is 9.35. The second-order valence-electron chi connectivity index (χ2n) is 3.97. The van der Waals surface area contributed by atoms with Crippen molar-refractivity contribution in [3.05, 3.63) is 35.9 Å². The molecule has 1 aromatic carbocycles. The van der Waals surface area contributed by atoms with Crippen LogP contribution in [0, 0.1) is 0 Å². The summed E-state index contributed by atoms with van der Waals surface area (Å²) in [5.41, 5.74) is 1.05. The molecule has 1 atom stereocenters. The Bertz CT molecular complexity index is 436. The molecule has 0 aliphatic rings. The molecule has 1 N–H and O–H groups in total. The number of nitrogens with one attached hydrogen (secondary N) is 1. The smallest absolute Gasteiger partial charge is 0.214 e. The zero-order valence-corrected chi connectivity index (χ0v) is 11.9. The first kappa shape index (κ1) is 15.4. The quantitative estimate of drug-likeness (QED) is 0.737. The molecule has 0 fully saturated rings. The van der Waals surface area contributed by atoms with E-state index in [0.29, 0.717) is 6.42 Å². The van der Waals surface area contributed by atoms with Gasteiger partial charge in [0.25, 0.3) is 0 Å². The monoisotopic (exact) mass is 291 g/mol. The summed E-state index contributed by atoms with van der Waals surface area (Å²) in [5, 5.41) is 0. The number of rotatable bonds is 8. The minimum atomic E-state index is -3.33. The van der Waals surface area contributed by atoms with Crippen molar-refractivity contribution in [1.29, 1.82) is 0 Å². The van der Waals surface area contributed by atoms with Gasteiger partial charge in [0.15, 0.2) is 0 Å². The molecule has 0 aliphatic heterocycles. The molecule has 1 unspecified atom stereocenters. The van der Waals surface area contributed by atoms with E-state index in [2.05, 4.69) is 4.72 Å². The van der Waals surface area contributed by atoms with Crippen LogP contribution in [0.3, 0.4) is 0 Å². The predicted molar refractivity (Wildman–Crippen MR) is 73.5 cm³/mol. The molecule has 1 aromatic rings. The number of hydrogen-bond acceptors (Lipinski definition) is 3. The van der Waals surface area contributed by atoms with Crippen molar-refractivity contribution in [2.24, 2.45) is 0 Å². The molecular weight excluding hydrogens is 274 g/mol. The SMILES string of the molecule is COCCS(=O)(=O)NC(CCl)Cc1ccccc1. The van der Waals surface area contributed by atoms with Gasteiger partial charge in [-0.1, -0.05) is 30.3 Å². The number of sulfonamides is 1. The highest BCUT2D eigenvalue weighted by molar-refractivity contribution is 7.89. The second kappa shape index (κ2) is 7.74. The van der Waals surface area contributed by atoms with Crippen LogP contribution in [0.2, 0.25) is 0 Å². The minimum absolute atomic E-state index is 0.0499. The van der Waals surface area contributed by atoms with Gasteiger partial charge in [0.1, 0.15) is 0 Å². The van der Waals surface area contributed by atoms with E-state index < -0.39 is 10.0 Å². The molecule has 6 heteroatoms. The number of ether oxygens (including phenoxy) is 1. The topological polar surface area (TPSA) is 55.4 Å². The van der Waals surface area contributed by atoms with Crippen molar-refractivity contribution in [2.75, 3.05) is 25.3 Å². The second-order valence-corrected chi connectivity index (χ2v) is 6.15. The van der Waals surface area contributed by atoms with Gasteiger partial charge in [-0.2, -0.15) is 0 Å². The Morgan fingerprint density at radius 1 is 1.33 bits per heavy atom. The molecule has 0 saturated carbocycles. The third-order valence-electron chi connectivity index (χ3n) is 2.41. The summed E-state index contributed by atoms with van der Waals surface area (Å²) in [6.07, 6.45) is 0.580. The first-order chi connectivity index (χ1) is 8.57. The third-order valence-corrected chi connectivity index (χ3v) is 4.18. The van der Waals surface area contributed by atoms with Gasteiger partial charge >= 0.3 is 0 Å². The Morgan fingerprint density at radius 3 is 2.56 bits per heavy atom. The largest absolute Gasteiger partial charge is 0.384 e. The fourth-order valence-corrected chi connectivity index (χ4v) is 2.99. The number of alkyl halides is 1. The Hall–Kier alpha value is -0.620. The Kier molecular flexibility index (Phi) is 6.63. The average Bonchev–Trinajstić information content (AvgIpc) is 2.36. The van der Waals surface area contributed by atoms with Crippen LogP contribution < -0.4 is 4.72 Å². The summed E-state index contributed by atoms with van der Waals surface area (Å²) in [7, 11) is -1.86. The zero-order chi connectivity index (χ0) is 13.4.